The van der Waals surface area contributed by atoms with Crippen LogP contribution < -0.4 is 0 Å². The second-order valence-electron chi connectivity index (χ2n) is 4.82. The van der Waals surface area contributed by atoms with E-state index >= 15 is 0 Å². The Kier molecular flexibility index (Phi) is 3.48. The Morgan fingerprint density at radius 2 is 2.05 bits per heavy atom. The Balaban J connectivity index is 2.33. The van der Waals surface area contributed by atoms with Crippen LogP contribution in [0.15, 0.2) is 34.9 Å². The van der Waals surface area contributed by atoms with Crippen molar-refractivity contribution in [2.45, 2.75) is 19.8 Å². The summed E-state index contributed by atoms with van der Waals surface area (Å²) in [5, 5.41) is 9.53. The lowest BCUT2D eigenvalue weighted by Crippen LogP contribution is -2.04. The molecule has 0 aliphatic carbocycles. The molecule has 0 saturated heterocycles. The first-order valence-electron chi connectivity index (χ1n) is 6.23. The molecule has 102 valence electrons. The van der Waals surface area contributed by atoms with Crippen LogP contribution in [-0.4, -0.2) is 19.7 Å². The predicted molar refractivity (Wildman–Crippen MR) is 83.5 cm³/mol. The van der Waals surface area contributed by atoms with E-state index in [-0.39, 0.29) is 5.92 Å². The molecular weight excluding hydrogens is 340 g/mol. The minimum atomic E-state index is 0.223. The highest BCUT2D eigenvalue weighted by Gasteiger charge is 2.17. The number of para-hydroxylation sites is 1. The van der Waals surface area contributed by atoms with Crippen LogP contribution in [-0.2, 0) is 0 Å². The van der Waals surface area contributed by atoms with Crippen molar-refractivity contribution < 1.29 is 0 Å². The molecule has 0 amide bonds. The van der Waals surface area contributed by atoms with Crippen molar-refractivity contribution in [1.29, 1.82) is 0 Å². The van der Waals surface area contributed by atoms with Crippen molar-refractivity contribution in [3.05, 3.63) is 46.0 Å². The van der Waals surface area contributed by atoms with Crippen LogP contribution >= 0.6 is 27.5 Å². The maximum absolute atomic E-state index is 6.21. The standard InChI is InChI=1S/C14H12BrClN4/c1-8(2)13-18-19-14(16)20(13)11-5-3-4-9-6-10(15)7-17-12(9)11/h3-8H,1-2H3. The van der Waals surface area contributed by atoms with E-state index < -0.39 is 0 Å². The minimum absolute atomic E-state index is 0.223. The van der Waals surface area contributed by atoms with Gasteiger partial charge in [0.2, 0.25) is 5.28 Å². The van der Waals surface area contributed by atoms with Gasteiger partial charge >= 0.3 is 0 Å². The van der Waals surface area contributed by atoms with Crippen molar-refractivity contribution in [2.75, 3.05) is 0 Å². The molecule has 0 aliphatic heterocycles. The van der Waals surface area contributed by atoms with Gasteiger partial charge in [0.15, 0.2) is 0 Å². The summed E-state index contributed by atoms with van der Waals surface area (Å²) in [6.45, 7) is 4.12. The number of rotatable bonds is 2. The van der Waals surface area contributed by atoms with Crippen molar-refractivity contribution in [3.63, 3.8) is 0 Å². The molecule has 1 aromatic carbocycles. The fourth-order valence-corrected chi connectivity index (χ4v) is 2.74. The normalized spacial score (nSPS) is 11.4. The zero-order valence-electron chi connectivity index (χ0n) is 11.0. The second-order valence-corrected chi connectivity index (χ2v) is 6.07. The molecule has 3 rings (SSSR count). The number of hydrogen-bond donors (Lipinski definition) is 0. The van der Waals surface area contributed by atoms with Gasteiger partial charge < -0.3 is 0 Å². The lowest BCUT2D eigenvalue weighted by molar-refractivity contribution is 0.746. The summed E-state index contributed by atoms with van der Waals surface area (Å²) in [7, 11) is 0. The van der Waals surface area contributed by atoms with Crippen LogP contribution in [0.3, 0.4) is 0 Å². The highest BCUT2D eigenvalue weighted by Crippen LogP contribution is 2.28. The molecule has 4 nitrogen and oxygen atoms in total. The molecule has 0 saturated carbocycles. The molecular formula is C14H12BrClN4. The zero-order chi connectivity index (χ0) is 14.3. The van der Waals surface area contributed by atoms with E-state index in [0.717, 1.165) is 26.9 Å². The Bertz CT molecular complexity index is 782. The number of halogens is 2. The van der Waals surface area contributed by atoms with Gasteiger partial charge in [-0.3, -0.25) is 9.55 Å². The molecule has 0 radical (unpaired) electrons. The molecule has 0 atom stereocenters. The van der Waals surface area contributed by atoms with Gasteiger partial charge in [0.05, 0.1) is 11.2 Å². The van der Waals surface area contributed by atoms with Gasteiger partial charge in [0.25, 0.3) is 0 Å². The van der Waals surface area contributed by atoms with Gasteiger partial charge in [-0.2, -0.15) is 0 Å². The van der Waals surface area contributed by atoms with E-state index in [9.17, 15) is 0 Å². The van der Waals surface area contributed by atoms with Gasteiger partial charge in [-0.25, -0.2) is 0 Å². The van der Waals surface area contributed by atoms with Crippen LogP contribution in [0.2, 0.25) is 5.28 Å². The molecule has 6 heteroatoms. The van der Waals surface area contributed by atoms with Crippen molar-refractivity contribution in [3.8, 4) is 5.69 Å². The second kappa shape index (κ2) is 5.14. The van der Waals surface area contributed by atoms with Crippen LogP contribution in [0.4, 0.5) is 0 Å². The maximum Gasteiger partial charge on any atom is 0.229 e. The Morgan fingerprint density at radius 1 is 1.25 bits per heavy atom. The smallest absolute Gasteiger partial charge is 0.229 e. The maximum atomic E-state index is 6.21. The summed E-state index contributed by atoms with van der Waals surface area (Å²) < 4.78 is 2.80. The molecule has 0 spiro atoms. The molecule has 20 heavy (non-hydrogen) atoms. The average Bonchev–Trinajstić information content (AvgIpc) is 2.79. The highest BCUT2D eigenvalue weighted by molar-refractivity contribution is 9.10. The number of benzene rings is 1. The molecule has 2 aromatic heterocycles. The Hall–Kier alpha value is -1.46. The van der Waals surface area contributed by atoms with Crippen molar-refractivity contribution >= 4 is 38.4 Å². The fraction of sp³-hybridized carbons (Fsp3) is 0.214. The number of fused-ring (bicyclic) bond motifs is 1. The summed E-state index contributed by atoms with van der Waals surface area (Å²) in [4.78, 5) is 4.50. The molecule has 0 fully saturated rings. The average molecular weight is 352 g/mol. The number of pyridine rings is 1. The van der Waals surface area contributed by atoms with Gasteiger partial charge in [0, 0.05) is 22.0 Å². The highest BCUT2D eigenvalue weighted by atomic mass is 79.9. The lowest BCUT2D eigenvalue weighted by Gasteiger charge is -2.12. The van der Waals surface area contributed by atoms with Gasteiger partial charge in [-0.05, 0) is 39.7 Å². The van der Waals surface area contributed by atoms with E-state index in [1.54, 1.807) is 6.20 Å². The SMILES string of the molecule is CC(C)c1nnc(Cl)n1-c1cccc2cc(Br)cnc12. The molecule has 0 N–H and O–H groups in total. The summed E-state index contributed by atoms with van der Waals surface area (Å²) in [5.41, 5.74) is 1.77. The van der Waals surface area contributed by atoms with E-state index in [1.165, 1.54) is 0 Å². The largest absolute Gasteiger partial charge is 0.267 e. The first-order chi connectivity index (χ1) is 9.58. The predicted octanol–water partition coefficient (Wildman–Crippen LogP) is 4.35. The van der Waals surface area contributed by atoms with Crippen molar-refractivity contribution in [2.24, 2.45) is 0 Å². The Morgan fingerprint density at radius 3 is 2.80 bits per heavy atom. The fourth-order valence-electron chi connectivity index (χ4n) is 2.17. The van der Waals surface area contributed by atoms with Crippen LogP contribution in [0.1, 0.15) is 25.6 Å². The quantitative estimate of drug-likeness (QED) is 0.689. The number of nitrogens with zero attached hydrogens (tertiary/aromatic N) is 4. The van der Waals surface area contributed by atoms with E-state index in [2.05, 4.69) is 45.0 Å². The molecule has 3 aromatic rings. The molecule has 0 unspecified atom stereocenters. The van der Waals surface area contributed by atoms with E-state index in [4.69, 9.17) is 11.6 Å². The minimum Gasteiger partial charge on any atom is -0.267 e. The first kappa shape index (κ1) is 13.5. The zero-order valence-corrected chi connectivity index (χ0v) is 13.4. The van der Waals surface area contributed by atoms with Crippen molar-refractivity contribution in [1.82, 2.24) is 19.7 Å². The van der Waals surface area contributed by atoms with Crippen LogP contribution in [0.5, 0.6) is 0 Å². The number of hydrogen-bond acceptors (Lipinski definition) is 3. The summed E-state index contributed by atoms with van der Waals surface area (Å²) in [6.07, 6.45) is 1.78. The summed E-state index contributed by atoms with van der Waals surface area (Å²) in [5.74, 6) is 1.05. The molecule has 0 aliphatic rings. The number of aromatic nitrogens is 4. The van der Waals surface area contributed by atoms with E-state index in [0.29, 0.717) is 5.28 Å². The Labute approximate surface area is 129 Å². The van der Waals surface area contributed by atoms with E-state index in [1.807, 2.05) is 28.8 Å². The topological polar surface area (TPSA) is 43.6 Å². The van der Waals surface area contributed by atoms with Crippen LogP contribution in [0.25, 0.3) is 16.6 Å². The third-order valence-electron chi connectivity index (χ3n) is 3.06. The summed E-state index contributed by atoms with van der Waals surface area (Å²) >= 11 is 9.65. The van der Waals surface area contributed by atoms with Gasteiger partial charge in [0.1, 0.15) is 5.82 Å². The van der Waals surface area contributed by atoms with Gasteiger partial charge in [-0.15, -0.1) is 10.2 Å². The monoisotopic (exact) mass is 350 g/mol. The van der Waals surface area contributed by atoms with Crippen LogP contribution in [0, 0.1) is 0 Å². The third-order valence-corrected chi connectivity index (χ3v) is 3.74. The third kappa shape index (κ3) is 2.21. The summed E-state index contributed by atoms with van der Waals surface area (Å²) in [6, 6.07) is 8.00. The van der Waals surface area contributed by atoms with Gasteiger partial charge in [-0.1, -0.05) is 26.0 Å². The lowest BCUT2D eigenvalue weighted by atomic mass is 10.1. The molecule has 0 bridgehead atoms. The molecule has 2 heterocycles. The first-order valence-corrected chi connectivity index (χ1v) is 7.40.